The van der Waals surface area contributed by atoms with Gasteiger partial charge < -0.3 is 4.42 Å². The molecule has 98 valence electrons. The lowest BCUT2D eigenvalue weighted by Gasteiger charge is -2.01. The van der Waals surface area contributed by atoms with E-state index in [1.807, 2.05) is 42.5 Å². The maximum atomic E-state index is 5.84. The number of rotatable bonds is 2. The van der Waals surface area contributed by atoms with Crippen molar-refractivity contribution < 1.29 is 4.42 Å². The second kappa shape index (κ2) is 4.42. The van der Waals surface area contributed by atoms with Crippen molar-refractivity contribution in [2.45, 2.75) is 12.8 Å². The van der Waals surface area contributed by atoms with Gasteiger partial charge in [0.1, 0.15) is 10.5 Å². The van der Waals surface area contributed by atoms with Gasteiger partial charge in [0.15, 0.2) is 5.58 Å². The van der Waals surface area contributed by atoms with E-state index >= 15 is 0 Å². The van der Waals surface area contributed by atoms with Crippen molar-refractivity contribution in [2.75, 3.05) is 0 Å². The quantitative estimate of drug-likeness (QED) is 0.539. The molecule has 0 saturated heterocycles. The van der Waals surface area contributed by atoms with E-state index < -0.39 is 0 Å². The molecule has 20 heavy (non-hydrogen) atoms. The van der Waals surface area contributed by atoms with Gasteiger partial charge in [0.05, 0.1) is 16.1 Å². The van der Waals surface area contributed by atoms with E-state index in [2.05, 4.69) is 23.0 Å². The fourth-order valence-electron chi connectivity index (χ4n) is 2.26. The molecule has 4 heteroatoms. The van der Waals surface area contributed by atoms with Gasteiger partial charge in [-0.25, -0.2) is 9.97 Å². The third-order valence-electron chi connectivity index (χ3n) is 3.36. The number of fused-ring (bicyclic) bond motifs is 2. The molecule has 0 bridgehead atoms. The Morgan fingerprint density at radius 1 is 0.950 bits per heavy atom. The summed E-state index contributed by atoms with van der Waals surface area (Å²) < 4.78 is 7.04. The van der Waals surface area contributed by atoms with Crippen molar-refractivity contribution in [2.24, 2.45) is 0 Å². The molecule has 2 heterocycles. The molecule has 0 fully saturated rings. The summed E-state index contributed by atoms with van der Waals surface area (Å²) >= 11 is 1.70. The van der Waals surface area contributed by atoms with Gasteiger partial charge in [0.25, 0.3) is 0 Å². The highest BCUT2D eigenvalue weighted by Gasteiger charge is 2.19. The number of oxazole rings is 1. The third-order valence-corrected chi connectivity index (χ3v) is 4.58. The summed E-state index contributed by atoms with van der Waals surface area (Å²) in [5.41, 5.74) is 2.77. The average Bonchev–Trinajstić information content (AvgIpc) is 3.10. The van der Waals surface area contributed by atoms with Crippen LogP contribution in [0, 0.1) is 0 Å². The van der Waals surface area contributed by atoms with Crippen molar-refractivity contribution in [3.05, 3.63) is 59.4 Å². The van der Waals surface area contributed by atoms with Gasteiger partial charge in [0, 0.05) is 0 Å². The Morgan fingerprint density at radius 3 is 2.50 bits per heavy atom. The Balaban J connectivity index is 1.80. The van der Waals surface area contributed by atoms with E-state index in [-0.39, 0.29) is 5.92 Å². The van der Waals surface area contributed by atoms with Crippen molar-refractivity contribution in [3.63, 3.8) is 0 Å². The number of aromatic nitrogens is 2. The maximum Gasteiger partial charge on any atom is 0.205 e. The van der Waals surface area contributed by atoms with Crippen LogP contribution < -0.4 is 0 Å². The summed E-state index contributed by atoms with van der Waals surface area (Å²) in [7, 11) is 0. The van der Waals surface area contributed by atoms with Crippen molar-refractivity contribution in [1.82, 2.24) is 9.97 Å². The highest BCUT2D eigenvalue weighted by Crippen LogP contribution is 2.32. The van der Waals surface area contributed by atoms with Crippen LogP contribution in [0.25, 0.3) is 21.3 Å². The first kappa shape index (κ1) is 11.6. The van der Waals surface area contributed by atoms with Gasteiger partial charge in [-0.05, 0) is 31.2 Å². The third kappa shape index (κ3) is 1.80. The summed E-state index contributed by atoms with van der Waals surface area (Å²) in [6.45, 7) is 2.09. The van der Waals surface area contributed by atoms with E-state index in [0.717, 1.165) is 27.5 Å². The summed E-state index contributed by atoms with van der Waals surface area (Å²) in [5.74, 6) is 0.796. The molecule has 0 amide bonds. The number of nitrogens with zero attached hydrogens (tertiary/aromatic N) is 2. The zero-order valence-electron chi connectivity index (χ0n) is 10.9. The molecule has 0 aliphatic rings. The first-order valence-corrected chi connectivity index (χ1v) is 7.34. The van der Waals surface area contributed by atoms with Gasteiger partial charge in [-0.1, -0.05) is 24.3 Å². The molecule has 3 nitrogen and oxygen atoms in total. The molecular formula is C16H12N2OS. The summed E-state index contributed by atoms with van der Waals surface area (Å²) in [5, 5.41) is 1.04. The zero-order valence-corrected chi connectivity index (χ0v) is 11.7. The monoisotopic (exact) mass is 280 g/mol. The molecule has 1 atom stereocenters. The Bertz CT molecular complexity index is 753. The molecule has 4 rings (SSSR count). The normalized spacial score (nSPS) is 13.1. The van der Waals surface area contributed by atoms with E-state index in [9.17, 15) is 0 Å². The van der Waals surface area contributed by atoms with Gasteiger partial charge in [0.2, 0.25) is 5.89 Å². The fourth-order valence-corrected chi connectivity index (χ4v) is 3.27. The molecule has 1 unspecified atom stereocenters. The highest BCUT2D eigenvalue weighted by atomic mass is 32.1. The number of hydrogen-bond donors (Lipinski definition) is 0. The molecule has 0 aliphatic heterocycles. The molecule has 0 spiro atoms. The van der Waals surface area contributed by atoms with E-state index in [1.165, 1.54) is 4.70 Å². The van der Waals surface area contributed by atoms with Gasteiger partial charge in [-0.2, -0.15) is 0 Å². The van der Waals surface area contributed by atoms with E-state index in [1.54, 1.807) is 11.3 Å². The number of benzene rings is 2. The zero-order chi connectivity index (χ0) is 13.5. The molecule has 0 radical (unpaired) electrons. The van der Waals surface area contributed by atoms with Gasteiger partial charge >= 0.3 is 0 Å². The standard InChI is InChI=1S/C16H12N2OS/c1-10(15-17-11-6-2-4-8-13(11)19-15)16-18-12-7-3-5-9-14(12)20-16/h2-10H,1H3. The van der Waals surface area contributed by atoms with Crippen LogP contribution in [-0.4, -0.2) is 9.97 Å². The Hall–Kier alpha value is -2.20. The van der Waals surface area contributed by atoms with Crippen LogP contribution in [0.5, 0.6) is 0 Å². The lowest BCUT2D eigenvalue weighted by atomic mass is 10.2. The van der Waals surface area contributed by atoms with Crippen molar-refractivity contribution >= 4 is 32.7 Å². The molecule has 2 aromatic carbocycles. The molecule has 0 N–H and O–H groups in total. The fraction of sp³-hybridized carbons (Fsp3) is 0.125. The highest BCUT2D eigenvalue weighted by molar-refractivity contribution is 7.18. The molecule has 0 saturated carbocycles. The minimum Gasteiger partial charge on any atom is -0.440 e. The lowest BCUT2D eigenvalue weighted by Crippen LogP contribution is -1.94. The SMILES string of the molecule is CC(c1nc2ccccc2o1)c1nc2ccccc2s1. The number of hydrogen-bond acceptors (Lipinski definition) is 4. The van der Waals surface area contributed by atoms with Crippen LogP contribution in [0.4, 0.5) is 0 Å². The van der Waals surface area contributed by atoms with E-state index in [4.69, 9.17) is 4.42 Å². The van der Waals surface area contributed by atoms with Crippen molar-refractivity contribution in [3.8, 4) is 0 Å². The topological polar surface area (TPSA) is 38.9 Å². The smallest absolute Gasteiger partial charge is 0.205 e. The van der Waals surface area contributed by atoms with Crippen LogP contribution in [-0.2, 0) is 0 Å². The summed E-state index contributed by atoms with van der Waals surface area (Å²) in [6, 6.07) is 16.0. The lowest BCUT2D eigenvalue weighted by molar-refractivity contribution is 0.512. The molecule has 0 aliphatic carbocycles. The number of para-hydroxylation sites is 3. The Kier molecular flexibility index (Phi) is 2.57. The van der Waals surface area contributed by atoms with Crippen LogP contribution in [0.1, 0.15) is 23.7 Å². The maximum absolute atomic E-state index is 5.84. The average molecular weight is 280 g/mol. The predicted molar refractivity (Wildman–Crippen MR) is 81.1 cm³/mol. The minimum atomic E-state index is 0.0693. The molecular weight excluding hydrogens is 268 g/mol. The Morgan fingerprint density at radius 2 is 1.70 bits per heavy atom. The second-order valence-electron chi connectivity index (χ2n) is 4.76. The van der Waals surface area contributed by atoms with Gasteiger partial charge in [-0.15, -0.1) is 11.3 Å². The Labute approximate surface area is 119 Å². The summed E-state index contributed by atoms with van der Waals surface area (Å²) in [6.07, 6.45) is 0. The first-order chi connectivity index (χ1) is 9.81. The first-order valence-electron chi connectivity index (χ1n) is 6.52. The molecule has 4 aromatic rings. The summed E-state index contributed by atoms with van der Waals surface area (Å²) in [4.78, 5) is 9.24. The molecule has 2 aromatic heterocycles. The predicted octanol–water partition coefficient (Wildman–Crippen LogP) is 4.59. The second-order valence-corrected chi connectivity index (χ2v) is 5.82. The number of thiazole rings is 1. The van der Waals surface area contributed by atoms with Crippen LogP contribution in [0.15, 0.2) is 52.9 Å². The van der Waals surface area contributed by atoms with Gasteiger partial charge in [-0.3, -0.25) is 0 Å². The largest absolute Gasteiger partial charge is 0.440 e. The van der Waals surface area contributed by atoms with Crippen LogP contribution >= 0.6 is 11.3 Å². The van der Waals surface area contributed by atoms with E-state index in [0.29, 0.717) is 0 Å². The van der Waals surface area contributed by atoms with Crippen LogP contribution in [0.2, 0.25) is 0 Å². The van der Waals surface area contributed by atoms with Crippen molar-refractivity contribution in [1.29, 1.82) is 0 Å². The van der Waals surface area contributed by atoms with Crippen LogP contribution in [0.3, 0.4) is 0 Å². The minimum absolute atomic E-state index is 0.0693.